The Morgan fingerprint density at radius 1 is 1.27 bits per heavy atom. The first-order chi connectivity index (χ1) is 6.79. The summed E-state index contributed by atoms with van der Waals surface area (Å²) >= 11 is 0. The van der Waals surface area contributed by atoms with E-state index in [1.54, 1.807) is 0 Å². The van der Waals surface area contributed by atoms with E-state index in [0.717, 1.165) is 0 Å². The van der Waals surface area contributed by atoms with Crippen molar-refractivity contribution in [3.63, 3.8) is 0 Å². The van der Waals surface area contributed by atoms with Crippen molar-refractivity contribution < 1.29 is 22.0 Å². The second-order valence-corrected chi connectivity index (χ2v) is 2.90. The van der Waals surface area contributed by atoms with E-state index in [2.05, 4.69) is 5.10 Å². The largest absolute Gasteiger partial charge is 0.433 e. The summed E-state index contributed by atoms with van der Waals surface area (Å²) in [6.07, 6.45) is -5.25. The molecule has 1 aromatic heterocycles. The third kappa shape index (κ3) is 2.44. The summed E-state index contributed by atoms with van der Waals surface area (Å²) in [7, 11) is 0. The number of hydrogen-bond donors (Lipinski definition) is 2. The van der Waals surface area contributed by atoms with Gasteiger partial charge in [0.25, 0.3) is 5.92 Å². The van der Waals surface area contributed by atoms with E-state index in [0.29, 0.717) is 6.20 Å². The summed E-state index contributed by atoms with van der Waals surface area (Å²) in [6, 6.07) is 0. The van der Waals surface area contributed by atoms with Crippen molar-refractivity contribution in [1.82, 2.24) is 10.2 Å². The van der Waals surface area contributed by atoms with Crippen LogP contribution in [0.5, 0.6) is 0 Å². The smallest absolute Gasteiger partial charge is 0.330 e. The van der Waals surface area contributed by atoms with Gasteiger partial charge in [-0.15, -0.1) is 0 Å². The Labute approximate surface area is 81.5 Å². The fourth-order valence-electron chi connectivity index (χ4n) is 1.10. The topological polar surface area (TPSA) is 54.7 Å². The second-order valence-electron chi connectivity index (χ2n) is 2.90. The standard InChI is InChI=1S/C7H8F5N3/c8-6(9,1-2-13)4-3-14-15-5(4)7(10,11)12/h3H,1-2,13H2,(H,14,15). The van der Waals surface area contributed by atoms with Crippen molar-refractivity contribution in [1.29, 1.82) is 0 Å². The molecule has 0 fully saturated rings. The summed E-state index contributed by atoms with van der Waals surface area (Å²) in [5.74, 6) is -3.62. The molecule has 0 radical (unpaired) electrons. The first-order valence-corrected chi connectivity index (χ1v) is 3.98. The highest BCUT2D eigenvalue weighted by molar-refractivity contribution is 5.24. The number of aromatic nitrogens is 2. The van der Waals surface area contributed by atoms with E-state index >= 15 is 0 Å². The fraction of sp³-hybridized carbons (Fsp3) is 0.571. The quantitative estimate of drug-likeness (QED) is 0.777. The van der Waals surface area contributed by atoms with Gasteiger partial charge in [0.2, 0.25) is 0 Å². The van der Waals surface area contributed by atoms with Gasteiger partial charge in [0, 0.05) is 6.42 Å². The van der Waals surface area contributed by atoms with E-state index in [-0.39, 0.29) is 0 Å². The minimum atomic E-state index is -4.87. The molecule has 1 heterocycles. The average molecular weight is 229 g/mol. The molecule has 0 spiro atoms. The second kappa shape index (κ2) is 3.76. The summed E-state index contributed by atoms with van der Waals surface area (Å²) in [4.78, 5) is 0. The van der Waals surface area contributed by atoms with Gasteiger partial charge in [0.05, 0.1) is 11.8 Å². The Morgan fingerprint density at radius 2 is 1.87 bits per heavy atom. The van der Waals surface area contributed by atoms with Crippen molar-refractivity contribution in [2.75, 3.05) is 6.54 Å². The van der Waals surface area contributed by atoms with Crippen LogP contribution in [-0.4, -0.2) is 16.7 Å². The molecule has 0 aliphatic carbocycles. The predicted molar refractivity (Wildman–Crippen MR) is 41.2 cm³/mol. The van der Waals surface area contributed by atoms with Gasteiger partial charge < -0.3 is 5.73 Å². The molecule has 0 saturated carbocycles. The lowest BCUT2D eigenvalue weighted by Gasteiger charge is -2.16. The molecule has 0 aliphatic heterocycles. The van der Waals surface area contributed by atoms with Gasteiger partial charge >= 0.3 is 6.18 Å². The van der Waals surface area contributed by atoms with Crippen LogP contribution in [0.3, 0.4) is 0 Å². The van der Waals surface area contributed by atoms with Crippen LogP contribution >= 0.6 is 0 Å². The third-order valence-electron chi connectivity index (χ3n) is 1.78. The molecular formula is C7H8F5N3. The number of nitrogens with one attached hydrogen (secondary N) is 1. The summed E-state index contributed by atoms with van der Waals surface area (Å²) in [5.41, 5.74) is 2.19. The first-order valence-electron chi connectivity index (χ1n) is 3.98. The number of alkyl halides is 5. The van der Waals surface area contributed by atoms with Crippen LogP contribution in [0.15, 0.2) is 6.20 Å². The number of nitrogens with two attached hydrogens (primary N) is 1. The molecule has 1 rings (SSSR count). The van der Waals surface area contributed by atoms with Crippen molar-refractivity contribution in [2.24, 2.45) is 5.73 Å². The van der Waals surface area contributed by atoms with Crippen molar-refractivity contribution >= 4 is 0 Å². The Kier molecular flexibility index (Phi) is 2.98. The van der Waals surface area contributed by atoms with Gasteiger partial charge in [0.1, 0.15) is 5.69 Å². The van der Waals surface area contributed by atoms with Gasteiger partial charge in [-0.3, -0.25) is 5.10 Å². The van der Waals surface area contributed by atoms with E-state index in [9.17, 15) is 22.0 Å². The highest BCUT2D eigenvalue weighted by Gasteiger charge is 2.44. The highest BCUT2D eigenvalue weighted by Crippen LogP contribution is 2.39. The third-order valence-corrected chi connectivity index (χ3v) is 1.78. The lowest BCUT2D eigenvalue weighted by Crippen LogP contribution is -2.22. The van der Waals surface area contributed by atoms with E-state index in [4.69, 9.17) is 5.73 Å². The first kappa shape index (κ1) is 11.9. The molecule has 86 valence electrons. The molecule has 0 amide bonds. The van der Waals surface area contributed by atoms with Gasteiger partial charge in [-0.05, 0) is 6.54 Å². The minimum absolute atomic E-state index is 0.407. The maximum absolute atomic E-state index is 13.1. The Balaban J connectivity index is 3.10. The number of rotatable bonds is 3. The zero-order chi connectivity index (χ0) is 11.7. The molecule has 15 heavy (non-hydrogen) atoms. The maximum Gasteiger partial charge on any atom is 0.433 e. The summed E-state index contributed by atoms with van der Waals surface area (Å²) in [6.45, 7) is -0.407. The summed E-state index contributed by atoms with van der Waals surface area (Å²) in [5, 5.41) is 4.49. The molecule has 0 aromatic carbocycles. The van der Waals surface area contributed by atoms with Crippen LogP contribution in [0.1, 0.15) is 17.7 Å². The van der Waals surface area contributed by atoms with Gasteiger partial charge in [-0.25, -0.2) is 8.78 Å². The normalized spacial score (nSPS) is 13.2. The van der Waals surface area contributed by atoms with Crippen molar-refractivity contribution in [3.05, 3.63) is 17.5 Å². The van der Waals surface area contributed by atoms with Gasteiger partial charge in [-0.1, -0.05) is 0 Å². The van der Waals surface area contributed by atoms with Crippen LogP contribution in [0.25, 0.3) is 0 Å². The molecule has 0 saturated heterocycles. The molecule has 0 aliphatic rings. The SMILES string of the molecule is NCCC(F)(F)c1cn[nH]c1C(F)(F)F. The number of aromatic amines is 1. The average Bonchev–Trinajstić information content (AvgIpc) is 2.49. The van der Waals surface area contributed by atoms with Crippen LogP contribution in [0, 0.1) is 0 Å². The predicted octanol–water partition coefficient (Wildman–Crippen LogP) is 1.87. The number of H-pyrrole nitrogens is 1. The Morgan fingerprint density at radius 3 is 2.33 bits per heavy atom. The molecule has 3 N–H and O–H groups in total. The van der Waals surface area contributed by atoms with E-state index in [1.807, 2.05) is 0 Å². The molecule has 1 aromatic rings. The lowest BCUT2D eigenvalue weighted by atomic mass is 10.1. The molecular weight excluding hydrogens is 221 g/mol. The molecule has 0 bridgehead atoms. The van der Waals surface area contributed by atoms with E-state index in [1.165, 1.54) is 5.10 Å². The van der Waals surface area contributed by atoms with Gasteiger partial charge in [0.15, 0.2) is 0 Å². The zero-order valence-corrected chi connectivity index (χ0v) is 7.41. The monoisotopic (exact) mass is 229 g/mol. The molecule has 0 unspecified atom stereocenters. The molecule has 3 nitrogen and oxygen atoms in total. The number of nitrogens with zero attached hydrogens (tertiary/aromatic N) is 1. The molecule has 8 heteroatoms. The van der Waals surface area contributed by atoms with Crippen molar-refractivity contribution in [2.45, 2.75) is 18.5 Å². The van der Waals surface area contributed by atoms with E-state index < -0.39 is 36.3 Å². The number of hydrogen-bond acceptors (Lipinski definition) is 2. The lowest BCUT2D eigenvalue weighted by molar-refractivity contribution is -0.145. The number of halogens is 5. The van der Waals surface area contributed by atoms with Crippen LogP contribution in [0.2, 0.25) is 0 Å². The van der Waals surface area contributed by atoms with Crippen LogP contribution in [-0.2, 0) is 12.1 Å². The Hall–Kier alpha value is -1.18. The summed E-state index contributed by atoms with van der Waals surface area (Å²) < 4.78 is 62.9. The highest BCUT2D eigenvalue weighted by atomic mass is 19.4. The van der Waals surface area contributed by atoms with Gasteiger partial charge in [-0.2, -0.15) is 18.3 Å². The molecule has 0 atom stereocenters. The minimum Gasteiger partial charge on any atom is -0.330 e. The maximum atomic E-state index is 13.1. The van der Waals surface area contributed by atoms with Crippen LogP contribution in [0.4, 0.5) is 22.0 Å². The van der Waals surface area contributed by atoms with Crippen LogP contribution < -0.4 is 5.73 Å². The zero-order valence-electron chi connectivity index (χ0n) is 7.41. The van der Waals surface area contributed by atoms with Crippen molar-refractivity contribution in [3.8, 4) is 0 Å². The Bertz CT molecular complexity index is 330. The fourth-order valence-corrected chi connectivity index (χ4v) is 1.10.